The zero-order valence-corrected chi connectivity index (χ0v) is 11.4. The van der Waals surface area contributed by atoms with Crippen LogP contribution >= 0.6 is 0 Å². The first-order valence-corrected chi connectivity index (χ1v) is 7.67. The summed E-state index contributed by atoms with van der Waals surface area (Å²) in [5, 5.41) is 3.93. The molecule has 2 nitrogen and oxygen atoms in total. The van der Waals surface area contributed by atoms with Crippen LogP contribution in [0.1, 0.15) is 58.8 Å². The molecule has 2 heteroatoms. The Kier molecular flexibility index (Phi) is 3.20. The van der Waals surface area contributed by atoms with E-state index in [1.165, 1.54) is 44.9 Å². The molecule has 0 radical (unpaired) electrons. The number of rotatable bonds is 5. The minimum absolute atomic E-state index is 0.525. The summed E-state index contributed by atoms with van der Waals surface area (Å²) in [5.41, 5.74) is 0.525. The zero-order chi connectivity index (χ0) is 11.9. The molecule has 0 aromatic carbocycles. The fourth-order valence-corrected chi connectivity index (χ4v) is 4.28. The van der Waals surface area contributed by atoms with Crippen LogP contribution in [0, 0.1) is 11.3 Å². The van der Waals surface area contributed by atoms with E-state index in [2.05, 4.69) is 19.2 Å². The molecule has 0 saturated heterocycles. The van der Waals surface area contributed by atoms with Gasteiger partial charge in [-0.05, 0) is 38.5 Å². The highest BCUT2D eigenvalue weighted by Crippen LogP contribution is 2.55. The van der Waals surface area contributed by atoms with Crippen LogP contribution in [0.3, 0.4) is 0 Å². The Balaban J connectivity index is 1.58. The molecule has 0 bridgehead atoms. The second-order valence-corrected chi connectivity index (χ2v) is 6.35. The van der Waals surface area contributed by atoms with Gasteiger partial charge in [-0.2, -0.15) is 0 Å². The van der Waals surface area contributed by atoms with Crippen molar-refractivity contribution in [3.05, 3.63) is 0 Å². The molecular formula is C15H27NO. The molecule has 17 heavy (non-hydrogen) atoms. The minimum atomic E-state index is 0.525. The van der Waals surface area contributed by atoms with Crippen LogP contribution in [0.2, 0.25) is 0 Å². The van der Waals surface area contributed by atoms with Crippen molar-refractivity contribution in [3.63, 3.8) is 0 Å². The van der Waals surface area contributed by atoms with Crippen molar-refractivity contribution in [2.75, 3.05) is 6.61 Å². The molecule has 3 aliphatic carbocycles. The summed E-state index contributed by atoms with van der Waals surface area (Å²) in [5.74, 6) is 0.972. The van der Waals surface area contributed by atoms with Crippen LogP contribution in [0.25, 0.3) is 0 Å². The summed E-state index contributed by atoms with van der Waals surface area (Å²) in [6.07, 6.45) is 10.2. The average molecular weight is 237 g/mol. The Bertz CT molecular complexity index is 272. The monoisotopic (exact) mass is 237 g/mol. The highest BCUT2D eigenvalue weighted by atomic mass is 16.5. The van der Waals surface area contributed by atoms with E-state index in [4.69, 9.17) is 4.74 Å². The van der Waals surface area contributed by atoms with Crippen LogP contribution in [0.5, 0.6) is 0 Å². The maximum Gasteiger partial charge on any atom is 0.0661 e. The van der Waals surface area contributed by atoms with E-state index >= 15 is 0 Å². The summed E-state index contributed by atoms with van der Waals surface area (Å²) >= 11 is 0. The first kappa shape index (κ1) is 12.0. The molecule has 4 atom stereocenters. The van der Waals surface area contributed by atoms with Gasteiger partial charge in [0.15, 0.2) is 0 Å². The van der Waals surface area contributed by atoms with Gasteiger partial charge < -0.3 is 10.1 Å². The standard InChI is InChI=1S/C15H27NO/c1-3-11-9-12(11)16-13-10-14(17-4-2)15(13)7-5-6-8-15/h11-14,16H,3-10H2,1-2H3. The lowest BCUT2D eigenvalue weighted by atomic mass is 9.60. The third-order valence-corrected chi connectivity index (χ3v) is 5.55. The van der Waals surface area contributed by atoms with Gasteiger partial charge in [-0.15, -0.1) is 0 Å². The van der Waals surface area contributed by atoms with Crippen molar-refractivity contribution in [1.82, 2.24) is 5.32 Å². The number of hydrogen-bond donors (Lipinski definition) is 1. The fourth-order valence-electron chi connectivity index (χ4n) is 4.28. The zero-order valence-electron chi connectivity index (χ0n) is 11.4. The molecule has 4 unspecified atom stereocenters. The summed E-state index contributed by atoms with van der Waals surface area (Å²) in [7, 11) is 0. The third-order valence-electron chi connectivity index (χ3n) is 5.55. The Morgan fingerprint density at radius 1 is 1.18 bits per heavy atom. The first-order valence-electron chi connectivity index (χ1n) is 7.67. The van der Waals surface area contributed by atoms with Gasteiger partial charge in [0.2, 0.25) is 0 Å². The Labute approximate surface area is 105 Å². The van der Waals surface area contributed by atoms with E-state index in [-0.39, 0.29) is 0 Å². The molecule has 0 aliphatic heterocycles. The second kappa shape index (κ2) is 4.55. The maximum atomic E-state index is 5.96. The Morgan fingerprint density at radius 3 is 2.53 bits per heavy atom. The van der Waals surface area contributed by atoms with E-state index in [1.54, 1.807) is 0 Å². The van der Waals surface area contributed by atoms with Gasteiger partial charge >= 0.3 is 0 Å². The van der Waals surface area contributed by atoms with Crippen LogP contribution in [0.15, 0.2) is 0 Å². The summed E-state index contributed by atoms with van der Waals surface area (Å²) < 4.78 is 5.96. The molecule has 3 aliphatic rings. The van der Waals surface area contributed by atoms with E-state index in [0.717, 1.165) is 24.6 Å². The molecule has 0 aromatic rings. The molecule has 0 aromatic heterocycles. The van der Waals surface area contributed by atoms with Gasteiger partial charge in [0.25, 0.3) is 0 Å². The van der Waals surface area contributed by atoms with Gasteiger partial charge in [0.05, 0.1) is 6.10 Å². The van der Waals surface area contributed by atoms with E-state index < -0.39 is 0 Å². The number of hydrogen-bond acceptors (Lipinski definition) is 2. The number of ether oxygens (including phenoxy) is 1. The van der Waals surface area contributed by atoms with Gasteiger partial charge in [-0.3, -0.25) is 0 Å². The summed E-state index contributed by atoms with van der Waals surface area (Å²) in [6.45, 7) is 5.35. The second-order valence-electron chi connectivity index (χ2n) is 6.35. The van der Waals surface area contributed by atoms with Gasteiger partial charge in [-0.25, -0.2) is 0 Å². The van der Waals surface area contributed by atoms with Gasteiger partial charge in [0, 0.05) is 24.1 Å². The molecule has 98 valence electrons. The molecule has 0 amide bonds. The Hall–Kier alpha value is -0.0800. The van der Waals surface area contributed by atoms with Crippen molar-refractivity contribution in [2.24, 2.45) is 11.3 Å². The summed E-state index contributed by atoms with van der Waals surface area (Å²) in [4.78, 5) is 0. The van der Waals surface area contributed by atoms with E-state index in [9.17, 15) is 0 Å². The normalized spacial score (nSPS) is 42.7. The highest BCUT2D eigenvalue weighted by Gasteiger charge is 2.57. The largest absolute Gasteiger partial charge is 0.378 e. The molecule has 1 N–H and O–H groups in total. The molecule has 1 spiro atoms. The molecule has 3 rings (SSSR count). The smallest absolute Gasteiger partial charge is 0.0661 e. The lowest BCUT2D eigenvalue weighted by molar-refractivity contribution is -0.131. The predicted molar refractivity (Wildman–Crippen MR) is 70.0 cm³/mol. The molecule has 3 saturated carbocycles. The highest BCUT2D eigenvalue weighted by molar-refractivity contribution is 5.12. The lowest BCUT2D eigenvalue weighted by Crippen LogP contribution is -2.63. The first-order chi connectivity index (χ1) is 8.30. The summed E-state index contributed by atoms with van der Waals surface area (Å²) in [6, 6.07) is 1.60. The number of nitrogens with one attached hydrogen (secondary N) is 1. The predicted octanol–water partition coefficient (Wildman–Crippen LogP) is 3.11. The van der Waals surface area contributed by atoms with Crippen molar-refractivity contribution in [1.29, 1.82) is 0 Å². The van der Waals surface area contributed by atoms with E-state index in [0.29, 0.717) is 11.5 Å². The maximum absolute atomic E-state index is 5.96. The molecule has 3 fully saturated rings. The van der Waals surface area contributed by atoms with E-state index in [1.807, 2.05) is 0 Å². The van der Waals surface area contributed by atoms with Gasteiger partial charge in [-0.1, -0.05) is 26.2 Å². The Morgan fingerprint density at radius 2 is 1.94 bits per heavy atom. The van der Waals surface area contributed by atoms with Crippen LogP contribution < -0.4 is 5.32 Å². The SMILES string of the molecule is CCOC1CC(NC2CC2CC)C12CCCC2. The van der Waals surface area contributed by atoms with Crippen molar-refractivity contribution in [3.8, 4) is 0 Å². The van der Waals surface area contributed by atoms with Crippen LogP contribution in [-0.4, -0.2) is 24.8 Å². The average Bonchev–Trinajstić information content (AvgIpc) is 2.88. The quantitative estimate of drug-likeness (QED) is 0.793. The van der Waals surface area contributed by atoms with Crippen LogP contribution in [0.4, 0.5) is 0 Å². The molecular weight excluding hydrogens is 210 g/mol. The molecule has 0 heterocycles. The van der Waals surface area contributed by atoms with Crippen molar-refractivity contribution in [2.45, 2.75) is 77.0 Å². The minimum Gasteiger partial charge on any atom is -0.378 e. The third kappa shape index (κ3) is 1.94. The van der Waals surface area contributed by atoms with Crippen molar-refractivity contribution >= 4 is 0 Å². The van der Waals surface area contributed by atoms with Crippen LogP contribution in [-0.2, 0) is 4.74 Å². The topological polar surface area (TPSA) is 21.3 Å². The fraction of sp³-hybridized carbons (Fsp3) is 1.00. The van der Waals surface area contributed by atoms with Crippen molar-refractivity contribution < 1.29 is 4.74 Å². The van der Waals surface area contributed by atoms with Gasteiger partial charge in [0.1, 0.15) is 0 Å². The lowest BCUT2D eigenvalue weighted by Gasteiger charge is -2.54.